The zero-order chi connectivity index (χ0) is 8.77. The number of epoxide rings is 1. The van der Waals surface area contributed by atoms with Gasteiger partial charge < -0.3 is 4.74 Å². The number of carbonyl (C=O) groups is 1. The lowest BCUT2D eigenvalue weighted by Crippen LogP contribution is -2.30. The summed E-state index contributed by atoms with van der Waals surface area (Å²) in [6.07, 6.45) is 4.50. The maximum absolute atomic E-state index is 11.6. The van der Waals surface area contributed by atoms with E-state index < -0.39 is 5.60 Å². The van der Waals surface area contributed by atoms with Crippen LogP contribution in [0.25, 0.3) is 0 Å². The molecule has 2 heteroatoms. The van der Waals surface area contributed by atoms with Crippen molar-refractivity contribution >= 4 is 5.78 Å². The highest BCUT2D eigenvalue weighted by atomic mass is 16.6. The molecule has 2 atom stereocenters. The number of ether oxygens (including phenoxy) is 1. The Bertz CT molecular complexity index is 244. The molecule has 2 rings (SSSR count). The third-order valence-corrected chi connectivity index (χ3v) is 2.85. The number of rotatable bonds is 2. The van der Waals surface area contributed by atoms with Gasteiger partial charge in [-0.15, -0.1) is 0 Å². The highest BCUT2D eigenvalue weighted by Crippen LogP contribution is 2.49. The lowest BCUT2D eigenvalue weighted by atomic mass is 9.84. The van der Waals surface area contributed by atoms with Gasteiger partial charge in [-0.25, -0.2) is 0 Å². The van der Waals surface area contributed by atoms with E-state index in [1.807, 2.05) is 0 Å². The Kier molecular flexibility index (Phi) is 1.62. The molecule has 0 radical (unpaired) electrons. The average Bonchev–Trinajstić information content (AvgIpc) is 2.77. The predicted octanol–water partition coefficient (Wildman–Crippen LogP) is 1.84. The second-order valence-electron chi connectivity index (χ2n) is 3.85. The molecule has 0 spiro atoms. The minimum absolute atomic E-state index is 0.132. The van der Waals surface area contributed by atoms with E-state index in [1.54, 1.807) is 6.92 Å². The van der Waals surface area contributed by atoms with Crippen LogP contribution < -0.4 is 0 Å². The van der Waals surface area contributed by atoms with E-state index in [4.69, 9.17) is 4.74 Å². The molecular weight excluding hydrogens is 152 g/mol. The molecule has 1 aliphatic carbocycles. The van der Waals surface area contributed by atoms with Crippen LogP contribution in [-0.2, 0) is 9.53 Å². The van der Waals surface area contributed by atoms with Crippen LogP contribution in [-0.4, -0.2) is 17.5 Å². The third-order valence-electron chi connectivity index (χ3n) is 2.85. The summed E-state index contributed by atoms with van der Waals surface area (Å²) in [5.41, 5.74) is 0.226. The Balaban J connectivity index is 2.13. The van der Waals surface area contributed by atoms with E-state index in [0.29, 0.717) is 5.57 Å². The first-order valence-electron chi connectivity index (χ1n) is 4.55. The van der Waals surface area contributed by atoms with Gasteiger partial charge in [-0.05, 0) is 31.8 Å². The Morgan fingerprint density at radius 1 is 1.58 bits per heavy atom. The van der Waals surface area contributed by atoms with Gasteiger partial charge in [-0.2, -0.15) is 0 Å². The summed E-state index contributed by atoms with van der Waals surface area (Å²) >= 11 is 0. The van der Waals surface area contributed by atoms with Gasteiger partial charge in [0.1, 0.15) is 0 Å². The highest BCUT2D eigenvalue weighted by molar-refractivity contribution is 6.03. The van der Waals surface area contributed by atoms with E-state index >= 15 is 0 Å². The normalized spacial score (nSPS) is 38.6. The van der Waals surface area contributed by atoms with Crippen molar-refractivity contribution in [3.05, 3.63) is 12.2 Å². The number of hydrogen-bond acceptors (Lipinski definition) is 2. The molecule has 0 aromatic heterocycles. The molecule has 0 aromatic carbocycles. The van der Waals surface area contributed by atoms with Crippen LogP contribution in [0.2, 0.25) is 0 Å². The van der Waals surface area contributed by atoms with Crippen molar-refractivity contribution < 1.29 is 9.53 Å². The van der Waals surface area contributed by atoms with Crippen molar-refractivity contribution in [2.75, 3.05) is 0 Å². The summed E-state index contributed by atoms with van der Waals surface area (Å²) in [5, 5.41) is 0. The molecule has 2 nitrogen and oxygen atoms in total. The maximum atomic E-state index is 11.6. The Hall–Kier alpha value is -0.630. The standard InChI is InChI=1S/C10H14O2/c1-7(2)9(11)10-6-4-3-5-8(10)12-10/h8H,1,3-6H2,2H3. The Morgan fingerprint density at radius 2 is 2.33 bits per heavy atom. The first-order chi connectivity index (χ1) is 5.67. The molecule has 1 aliphatic heterocycles. The minimum Gasteiger partial charge on any atom is -0.357 e. The van der Waals surface area contributed by atoms with E-state index in [0.717, 1.165) is 19.3 Å². The maximum Gasteiger partial charge on any atom is 0.192 e. The molecule has 0 bridgehead atoms. The van der Waals surface area contributed by atoms with Crippen LogP contribution in [0.1, 0.15) is 32.6 Å². The van der Waals surface area contributed by atoms with Crippen molar-refractivity contribution in [1.29, 1.82) is 0 Å². The summed E-state index contributed by atoms with van der Waals surface area (Å²) in [7, 11) is 0. The van der Waals surface area contributed by atoms with Crippen LogP contribution in [0.5, 0.6) is 0 Å². The Morgan fingerprint density at radius 3 is 2.92 bits per heavy atom. The monoisotopic (exact) mass is 166 g/mol. The largest absolute Gasteiger partial charge is 0.357 e. The second-order valence-corrected chi connectivity index (χ2v) is 3.85. The number of hydrogen-bond donors (Lipinski definition) is 0. The summed E-state index contributed by atoms with van der Waals surface area (Å²) in [4.78, 5) is 11.6. The average molecular weight is 166 g/mol. The van der Waals surface area contributed by atoms with Gasteiger partial charge in [0.25, 0.3) is 0 Å². The van der Waals surface area contributed by atoms with Gasteiger partial charge in [0.05, 0.1) is 6.10 Å². The fourth-order valence-electron chi connectivity index (χ4n) is 2.12. The molecule has 1 saturated heterocycles. The minimum atomic E-state index is -0.413. The van der Waals surface area contributed by atoms with E-state index in [1.165, 1.54) is 6.42 Å². The van der Waals surface area contributed by atoms with E-state index in [-0.39, 0.29) is 11.9 Å². The van der Waals surface area contributed by atoms with Crippen molar-refractivity contribution in [1.82, 2.24) is 0 Å². The van der Waals surface area contributed by atoms with Crippen LogP contribution in [0, 0.1) is 0 Å². The molecule has 2 fully saturated rings. The lowest BCUT2D eigenvalue weighted by molar-refractivity contribution is -0.120. The second kappa shape index (κ2) is 2.43. The smallest absolute Gasteiger partial charge is 0.192 e. The van der Waals surface area contributed by atoms with E-state index in [2.05, 4.69) is 6.58 Å². The van der Waals surface area contributed by atoms with Crippen molar-refractivity contribution in [3.8, 4) is 0 Å². The number of fused-ring (bicyclic) bond motifs is 1. The first kappa shape index (κ1) is 7.99. The quantitative estimate of drug-likeness (QED) is 0.462. The van der Waals surface area contributed by atoms with Crippen molar-refractivity contribution in [3.63, 3.8) is 0 Å². The fraction of sp³-hybridized carbons (Fsp3) is 0.700. The van der Waals surface area contributed by atoms with Gasteiger partial charge >= 0.3 is 0 Å². The molecule has 0 N–H and O–H groups in total. The number of carbonyl (C=O) groups excluding carboxylic acids is 1. The molecule has 2 aliphatic rings. The zero-order valence-corrected chi connectivity index (χ0v) is 7.43. The fourth-order valence-corrected chi connectivity index (χ4v) is 2.12. The van der Waals surface area contributed by atoms with Crippen molar-refractivity contribution in [2.45, 2.75) is 44.3 Å². The SMILES string of the molecule is C=C(C)C(=O)C12CCCCC1O2. The van der Waals surface area contributed by atoms with Gasteiger partial charge in [0.2, 0.25) is 0 Å². The number of Topliss-reactive ketones (excluding diaryl/α,β-unsaturated/α-hetero) is 1. The third kappa shape index (κ3) is 0.944. The summed E-state index contributed by atoms with van der Waals surface area (Å²) < 4.78 is 5.48. The lowest BCUT2D eigenvalue weighted by Gasteiger charge is -2.15. The molecular formula is C10H14O2. The summed E-state index contributed by atoms with van der Waals surface area (Å²) in [6, 6.07) is 0. The molecule has 0 amide bonds. The van der Waals surface area contributed by atoms with Crippen LogP contribution in [0.3, 0.4) is 0 Å². The molecule has 1 heterocycles. The molecule has 66 valence electrons. The van der Waals surface area contributed by atoms with Crippen LogP contribution in [0.4, 0.5) is 0 Å². The van der Waals surface area contributed by atoms with Gasteiger partial charge in [0.15, 0.2) is 11.4 Å². The predicted molar refractivity (Wildman–Crippen MR) is 45.9 cm³/mol. The number of ketones is 1. The first-order valence-corrected chi connectivity index (χ1v) is 4.55. The van der Waals surface area contributed by atoms with Crippen LogP contribution in [0.15, 0.2) is 12.2 Å². The van der Waals surface area contributed by atoms with Gasteiger partial charge in [0, 0.05) is 0 Å². The summed E-state index contributed by atoms with van der Waals surface area (Å²) in [6.45, 7) is 5.44. The highest BCUT2D eigenvalue weighted by Gasteiger charge is 2.62. The zero-order valence-electron chi connectivity index (χ0n) is 7.43. The molecule has 1 saturated carbocycles. The van der Waals surface area contributed by atoms with Gasteiger partial charge in [-0.1, -0.05) is 13.0 Å². The molecule has 12 heavy (non-hydrogen) atoms. The summed E-state index contributed by atoms with van der Waals surface area (Å²) in [5.74, 6) is 0.132. The Labute approximate surface area is 72.6 Å². The van der Waals surface area contributed by atoms with Crippen LogP contribution >= 0.6 is 0 Å². The van der Waals surface area contributed by atoms with Crippen molar-refractivity contribution in [2.24, 2.45) is 0 Å². The topological polar surface area (TPSA) is 29.6 Å². The molecule has 2 unspecified atom stereocenters. The van der Waals surface area contributed by atoms with Gasteiger partial charge in [-0.3, -0.25) is 4.79 Å². The molecule has 0 aromatic rings. The van der Waals surface area contributed by atoms with E-state index in [9.17, 15) is 4.79 Å².